The molecule has 0 aliphatic carbocycles. The standard InChI is InChI=1S/C20H21NO5/c1-21(13-12-17(23)24)19(26)18(25)20(14-22,15-8-4-2-5-9-15)16-10-6-3-7-11-16/h2-13,18,22,25H,14H2,1H3,(H,23,24). The number of benzene rings is 2. The van der Waals surface area contributed by atoms with Crippen LogP contribution < -0.4 is 0 Å². The van der Waals surface area contributed by atoms with E-state index in [1.54, 1.807) is 60.7 Å². The van der Waals surface area contributed by atoms with E-state index in [0.29, 0.717) is 11.1 Å². The van der Waals surface area contributed by atoms with Crippen molar-refractivity contribution in [2.75, 3.05) is 13.7 Å². The van der Waals surface area contributed by atoms with Crippen molar-refractivity contribution < 1.29 is 24.9 Å². The summed E-state index contributed by atoms with van der Waals surface area (Å²) >= 11 is 0. The molecule has 26 heavy (non-hydrogen) atoms. The third-order valence-electron chi connectivity index (χ3n) is 4.32. The van der Waals surface area contributed by atoms with Gasteiger partial charge in [0, 0.05) is 19.3 Å². The van der Waals surface area contributed by atoms with Crippen molar-refractivity contribution in [3.05, 3.63) is 84.1 Å². The van der Waals surface area contributed by atoms with Gasteiger partial charge in [-0.1, -0.05) is 60.7 Å². The van der Waals surface area contributed by atoms with Crippen LogP contribution in [0.25, 0.3) is 0 Å². The second-order valence-electron chi connectivity index (χ2n) is 5.87. The van der Waals surface area contributed by atoms with E-state index in [-0.39, 0.29) is 0 Å². The van der Waals surface area contributed by atoms with Crippen LogP contribution in [0.4, 0.5) is 0 Å². The number of aliphatic hydroxyl groups is 2. The molecule has 2 aromatic carbocycles. The number of aliphatic hydroxyl groups excluding tert-OH is 2. The number of hydrogen-bond donors (Lipinski definition) is 3. The molecule has 3 N–H and O–H groups in total. The molecule has 0 bridgehead atoms. The number of rotatable bonds is 7. The lowest BCUT2D eigenvalue weighted by Crippen LogP contribution is -2.51. The Morgan fingerprint density at radius 1 is 1.04 bits per heavy atom. The van der Waals surface area contributed by atoms with Gasteiger partial charge in [0.25, 0.3) is 5.91 Å². The van der Waals surface area contributed by atoms with Crippen LogP contribution in [-0.4, -0.2) is 51.9 Å². The summed E-state index contributed by atoms with van der Waals surface area (Å²) in [6, 6.07) is 17.5. The zero-order chi connectivity index (χ0) is 19.2. The first-order chi connectivity index (χ1) is 12.4. The Morgan fingerprint density at radius 2 is 1.50 bits per heavy atom. The summed E-state index contributed by atoms with van der Waals surface area (Å²) in [5, 5.41) is 29.9. The lowest BCUT2D eigenvalue weighted by molar-refractivity contribution is -0.140. The van der Waals surface area contributed by atoms with E-state index < -0.39 is 30.0 Å². The van der Waals surface area contributed by atoms with Gasteiger partial charge in [0.05, 0.1) is 12.0 Å². The van der Waals surface area contributed by atoms with E-state index in [9.17, 15) is 19.8 Å². The van der Waals surface area contributed by atoms with Crippen LogP contribution in [0.2, 0.25) is 0 Å². The Hall–Kier alpha value is -2.96. The zero-order valence-electron chi connectivity index (χ0n) is 14.3. The molecule has 0 heterocycles. The van der Waals surface area contributed by atoms with Gasteiger partial charge in [-0.3, -0.25) is 4.79 Å². The Balaban J connectivity index is 2.54. The van der Waals surface area contributed by atoms with Crippen LogP contribution in [0.1, 0.15) is 11.1 Å². The molecule has 2 aromatic rings. The van der Waals surface area contributed by atoms with E-state index in [1.807, 2.05) is 0 Å². The molecule has 0 radical (unpaired) electrons. The molecule has 0 aromatic heterocycles. The maximum Gasteiger partial charge on any atom is 0.329 e. The maximum atomic E-state index is 12.7. The highest BCUT2D eigenvalue weighted by molar-refractivity contribution is 5.86. The lowest BCUT2D eigenvalue weighted by atomic mass is 9.70. The molecule has 1 atom stereocenters. The molecule has 1 unspecified atom stereocenters. The van der Waals surface area contributed by atoms with Crippen LogP contribution >= 0.6 is 0 Å². The second kappa shape index (κ2) is 8.42. The number of carbonyl (C=O) groups is 2. The highest BCUT2D eigenvalue weighted by atomic mass is 16.4. The van der Waals surface area contributed by atoms with E-state index >= 15 is 0 Å². The molecule has 6 heteroatoms. The molecule has 1 amide bonds. The van der Waals surface area contributed by atoms with Crippen LogP contribution in [0, 0.1) is 0 Å². The van der Waals surface area contributed by atoms with Gasteiger partial charge in [0.15, 0.2) is 0 Å². The summed E-state index contributed by atoms with van der Waals surface area (Å²) in [7, 11) is 1.35. The number of carboxylic acids is 1. The van der Waals surface area contributed by atoms with E-state index in [4.69, 9.17) is 5.11 Å². The maximum absolute atomic E-state index is 12.7. The van der Waals surface area contributed by atoms with Crippen LogP contribution in [-0.2, 0) is 15.0 Å². The van der Waals surface area contributed by atoms with Crippen molar-refractivity contribution in [2.24, 2.45) is 0 Å². The average Bonchev–Trinajstić information content (AvgIpc) is 2.68. The van der Waals surface area contributed by atoms with Crippen molar-refractivity contribution in [3.63, 3.8) is 0 Å². The van der Waals surface area contributed by atoms with Gasteiger partial charge in [-0.15, -0.1) is 0 Å². The molecule has 0 spiro atoms. The Labute approximate surface area is 151 Å². The van der Waals surface area contributed by atoms with Crippen molar-refractivity contribution in [2.45, 2.75) is 11.5 Å². The molecular weight excluding hydrogens is 334 g/mol. The summed E-state index contributed by atoms with van der Waals surface area (Å²) in [5.74, 6) is -1.94. The first-order valence-corrected chi connectivity index (χ1v) is 8.01. The van der Waals surface area contributed by atoms with E-state index in [1.165, 1.54) is 7.05 Å². The van der Waals surface area contributed by atoms with Crippen LogP contribution in [0.15, 0.2) is 72.9 Å². The van der Waals surface area contributed by atoms with Gasteiger partial charge in [-0.2, -0.15) is 0 Å². The van der Waals surface area contributed by atoms with Crippen LogP contribution in [0.5, 0.6) is 0 Å². The minimum absolute atomic E-state index is 0.510. The van der Waals surface area contributed by atoms with Gasteiger partial charge in [-0.05, 0) is 11.1 Å². The smallest absolute Gasteiger partial charge is 0.329 e. The Bertz CT molecular complexity index is 734. The van der Waals surface area contributed by atoms with Crippen LogP contribution in [0.3, 0.4) is 0 Å². The number of amides is 1. The van der Waals surface area contributed by atoms with E-state index in [0.717, 1.165) is 17.2 Å². The summed E-state index contributed by atoms with van der Waals surface area (Å²) in [6.07, 6.45) is 0.239. The fourth-order valence-corrected chi connectivity index (χ4v) is 2.88. The summed E-state index contributed by atoms with van der Waals surface area (Å²) in [4.78, 5) is 24.4. The molecule has 0 saturated carbocycles. The largest absolute Gasteiger partial charge is 0.478 e. The summed E-state index contributed by atoms with van der Waals surface area (Å²) in [6.45, 7) is -0.510. The van der Waals surface area contributed by atoms with Crippen molar-refractivity contribution in [1.29, 1.82) is 0 Å². The van der Waals surface area contributed by atoms with Crippen molar-refractivity contribution in [3.8, 4) is 0 Å². The average molecular weight is 355 g/mol. The first kappa shape index (κ1) is 19.4. The highest BCUT2D eigenvalue weighted by Crippen LogP contribution is 2.36. The van der Waals surface area contributed by atoms with Gasteiger partial charge in [-0.25, -0.2) is 4.79 Å². The number of aliphatic carboxylic acids is 1. The van der Waals surface area contributed by atoms with Gasteiger partial charge in [0.2, 0.25) is 0 Å². The Morgan fingerprint density at radius 3 is 1.88 bits per heavy atom. The molecule has 0 fully saturated rings. The third kappa shape index (κ3) is 3.82. The van der Waals surface area contributed by atoms with Gasteiger partial charge < -0.3 is 20.2 Å². The second-order valence-corrected chi connectivity index (χ2v) is 5.87. The topological polar surface area (TPSA) is 98.1 Å². The SMILES string of the molecule is CN(C=CC(=O)O)C(=O)C(O)C(CO)(c1ccccc1)c1ccccc1. The molecule has 0 aliphatic rings. The fourth-order valence-electron chi connectivity index (χ4n) is 2.88. The first-order valence-electron chi connectivity index (χ1n) is 8.01. The van der Waals surface area contributed by atoms with Gasteiger partial charge >= 0.3 is 5.97 Å². The normalized spacial score (nSPS) is 12.7. The minimum Gasteiger partial charge on any atom is -0.478 e. The third-order valence-corrected chi connectivity index (χ3v) is 4.32. The molecule has 0 aliphatic heterocycles. The minimum atomic E-state index is -1.62. The molecule has 6 nitrogen and oxygen atoms in total. The number of carbonyl (C=O) groups excluding carboxylic acids is 1. The summed E-state index contributed by atoms with van der Waals surface area (Å²) in [5.41, 5.74) is -0.236. The number of nitrogens with zero attached hydrogens (tertiary/aromatic N) is 1. The molecular formula is C20H21NO5. The molecule has 2 rings (SSSR count). The number of likely N-dealkylation sites (N-methyl/N-ethyl adjacent to an activating group) is 1. The molecule has 0 saturated heterocycles. The predicted octanol–water partition coefficient (Wildman–Crippen LogP) is 1.38. The quantitative estimate of drug-likeness (QED) is 0.652. The van der Waals surface area contributed by atoms with Crippen molar-refractivity contribution in [1.82, 2.24) is 4.90 Å². The lowest BCUT2D eigenvalue weighted by Gasteiger charge is -2.37. The number of hydrogen-bond acceptors (Lipinski definition) is 4. The fraction of sp³-hybridized carbons (Fsp3) is 0.200. The predicted molar refractivity (Wildman–Crippen MR) is 96.3 cm³/mol. The van der Waals surface area contributed by atoms with E-state index in [2.05, 4.69) is 0 Å². The zero-order valence-corrected chi connectivity index (χ0v) is 14.3. The number of carboxylic acid groups (broad SMARTS) is 1. The van der Waals surface area contributed by atoms with Crippen molar-refractivity contribution >= 4 is 11.9 Å². The van der Waals surface area contributed by atoms with Gasteiger partial charge in [0.1, 0.15) is 6.10 Å². The Kier molecular flexibility index (Phi) is 6.27. The molecule has 136 valence electrons. The summed E-state index contributed by atoms with van der Waals surface area (Å²) < 4.78 is 0. The highest BCUT2D eigenvalue weighted by Gasteiger charge is 2.45. The monoisotopic (exact) mass is 355 g/mol.